The molecule has 0 N–H and O–H groups in total. The zero-order chi connectivity index (χ0) is 9.84. The fraction of sp³-hybridized carbons (Fsp3) is 0.778. The van der Waals surface area contributed by atoms with Crippen LogP contribution in [0.2, 0.25) is 0 Å². The van der Waals surface area contributed by atoms with Gasteiger partial charge < -0.3 is 4.90 Å². The molecule has 4 heteroatoms. The molecule has 1 rings (SSSR count). The molecule has 3 nitrogen and oxygen atoms in total. The van der Waals surface area contributed by atoms with Crippen LogP contribution in [0.15, 0.2) is 0 Å². The van der Waals surface area contributed by atoms with Gasteiger partial charge in [0.15, 0.2) is 5.78 Å². The van der Waals surface area contributed by atoms with Gasteiger partial charge in [-0.05, 0) is 12.7 Å². The number of rotatable bonds is 4. The molecule has 0 aromatic carbocycles. The summed E-state index contributed by atoms with van der Waals surface area (Å²) in [5.74, 6) is 2.03. The van der Waals surface area contributed by atoms with Crippen LogP contribution in [0.1, 0.15) is 20.3 Å². The molecule has 0 aliphatic carbocycles. The summed E-state index contributed by atoms with van der Waals surface area (Å²) in [7, 11) is 0. The minimum atomic E-state index is -0.00537. The molecule has 1 saturated heterocycles. The van der Waals surface area contributed by atoms with E-state index in [1.54, 1.807) is 16.7 Å². The van der Waals surface area contributed by atoms with Crippen molar-refractivity contribution in [3.05, 3.63) is 0 Å². The van der Waals surface area contributed by atoms with E-state index in [0.717, 1.165) is 11.5 Å². The van der Waals surface area contributed by atoms with E-state index < -0.39 is 0 Å². The topological polar surface area (TPSA) is 37.4 Å². The van der Waals surface area contributed by atoms with Gasteiger partial charge in [-0.3, -0.25) is 9.59 Å². The second-order valence-corrected chi connectivity index (χ2v) is 4.56. The number of hydrogen-bond acceptors (Lipinski definition) is 3. The lowest BCUT2D eigenvalue weighted by Gasteiger charge is -2.22. The Balaban J connectivity index is 2.42. The molecule has 1 amide bonds. The lowest BCUT2D eigenvalue weighted by Crippen LogP contribution is -2.36. The van der Waals surface area contributed by atoms with Crippen LogP contribution < -0.4 is 0 Å². The smallest absolute Gasteiger partial charge is 0.230 e. The molecule has 74 valence electrons. The van der Waals surface area contributed by atoms with E-state index in [4.69, 9.17) is 0 Å². The van der Waals surface area contributed by atoms with E-state index in [9.17, 15) is 9.59 Å². The van der Waals surface area contributed by atoms with Crippen molar-refractivity contribution in [2.75, 3.05) is 18.1 Å². The van der Waals surface area contributed by atoms with Crippen molar-refractivity contribution in [3.8, 4) is 0 Å². The van der Waals surface area contributed by atoms with Crippen molar-refractivity contribution < 1.29 is 9.59 Å². The molecule has 1 atom stereocenters. The Hall–Kier alpha value is -0.510. The maximum atomic E-state index is 11.3. The summed E-state index contributed by atoms with van der Waals surface area (Å²) in [5, 5.41) is 0. The SMILES string of the molecule is CCSCC(C)N1CC(=O)CC1=O. The van der Waals surface area contributed by atoms with Crippen molar-refractivity contribution in [2.24, 2.45) is 0 Å². The zero-order valence-corrected chi connectivity index (χ0v) is 8.89. The van der Waals surface area contributed by atoms with Crippen molar-refractivity contribution in [3.63, 3.8) is 0 Å². The average molecular weight is 201 g/mol. The highest BCUT2D eigenvalue weighted by molar-refractivity contribution is 7.99. The predicted molar refractivity (Wildman–Crippen MR) is 53.8 cm³/mol. The molecule has 1 aliphatic heterocycles. The van der Waals surface area contributed by atoms with Gasteiger partial charge >= 0.3 is 0 Å². The first kappa shape index (κ1) is 10.6. The van der Waals surface area contributed by atoms with Crippen LogP contribution >= 0.6 is 11.8 Å². The molecule has 1 unspecified atom stereocenters. The zero-order valence-electron chi connectivity index (χ0n) is 8.08. The average Bonchev–Trinajstić information content (AvgIpc) is 2.41. The van der Waals surface area contributed by atoms with Gasteiger partial charge in [-0.25, -0.2) is 0 Å². The summed E-state index contributed by atoms with van der Waals surface area (Å²) in [4.78, 5) is 23.9. The van der Waals surface area contributed by atoms with Crippen LogP contribution in [0.25, 0.3) is 0 Å². The minimum absolute atomic E-state index is 0.00537. The molecule has 0 bridgehead atoms. The maximum absolute atomic E-state index is 11.3. The molecule has 1 aliphatic rings. The van der Waals surface area contributed by atoms with Crippen LogP contribution in [0, 0.1) is 0 Å². The third-order valence-electron chi connectivity index (χ3n) is 2.11. The highest BCUT2D eigenvalue weighted by atomic mass is 32.2. The van der Waals surface area contributed by atoms with Gasteiger partial charge in [-0.2, -0.15) is 11.8 Å². The minimum Gasteiger partial charge on any atom is -0.331 e. The number of amides is 1. The van der Waals surface area contributed by atoms with Crippen LogP contribution in [-0.2, 0) is 9.59 Å². The molecule has 1 fully saturated rings. The Labute approximate surface area is 82.9 Å². The summed E-state index contributed by atoms with van der Waals surface area (Å²) in [6.07, 6.45) is 0.112. The van der Waals surface area contributed by atoms with Gasteiger partial charge in [-0.1, -0.05) is 6.92 Å². The maximum Gasteiger partial charge on any atom is 0.230 e. The molecular weight excluding hydrogens is 186 g/mol. The normalized spacial score (nSPS) is 19.7. The second-order valence-electron chi connectivity index (χ2n) is 3.25. The van der Waals surface area contributed by atoms with E-state index in [-0.39, 0.29) is 24.2 Å². The highest BCUT2D eigenvalue weighted by Crippen LogP contribution is 2.14. The van der Waals surface area contributed by atoms with Crippen molar-refractivity contribution >= 4 is 23.5 Å². The van der Waals surface area contributed by atoms with Gasteiger partial charge in [-0.15, -0.1) is 0 Å². The van der Waals surface area contributed by atoms with E-state index in [2.05, 4.69) is 6.92 Å². The van der Waals surface area contributed by atoms with Crippen LogP contribution in [0.5, 0.6) is 0 Å². The molecule has 0 aromatic heterocycles. The molecule has 0 saturated carbocycles. The van der Waals surface area contributed by atoms with E-state index in [0.29, 0.717) is 6.54 Å². The summed E-state index contributed by atoms with van der Waals surface area (Å²) < 4.78 is 0. The van der Waals surface area contributed by atoms with E-state index in [1.165, 1.54) is 0 Å². The lowest BCUT2D eigenvalue weighted by atomic mass is 10.3. The number of thioether (sulfide) groups is 1. The van der Waals surface area contributed by atoms with Gasteiger partial charge in [0.25, 0.3) is 0 Å². The molecular formula is C9H15NO2S. The van der Waals surface area contributed by atoms with E-state index in [1.807, 2.05) is 6.92 Å². The van der Waals surface area contributed by atoms with Gasteiger partial charge in [0.05, 0.1) is 13.0 Å². The number of likely N-dealkylation sites (tertiary alicyclic amines) is 1. The number of Topliss-reactive ketones (excluding diaryl/α,β-unsaturated/α-hetero) is 1. The Bertz CT molecular complexity index is 218. The summed E-state index contributed by atoms with van der Waals surface area (Å²) in [5.41, 5.74) is 0. The third kappa shape index (κ3) is 2.72. The number of carbonyl (C=O) groups excluding carboxylic acids is 2. The standard InChI is InChI=1S/C9H15NO2S/c1-3-13-6-7(2)10-5-8(11)4-9(10)12/h7H,3-6H2,1-2H3. The first-order valence-corrected chi connectivity index (χ1v) is 5.69. The molecule has 13 heavy (non-hydrogen) atoms. The number of nitrogens with zero attached hydrogens (tertiary/aromatic N) is 1. The number of ketones is 1. The lowest BCUT2D eigenvalue weighted by molar-refractivity contribution is -0.129. The number of hydrogen-bond donors (Lipinski definition) is 0. The van der Waals surface area contributed by atoms with Gasteiger partial charge in [0.1, 0.15) is 0 Å². The monoisotopic (exact) mass is 201 g/mol. The van der Waals surface area contributed by atoms with Crippen molar-refractivity contribution in [2.45, 2.75) is 26.3 Å². The third-order valence-corrected chi connectivity index (χ3v) is 3.24. The Kier molecular flexibility index (Phi) is 3.78. The first-order chi connectivity index (χ1) is 6.15. The molecule has 0 aromatic rings. The Morgan fingerprint density at radius 1 is 1.54 bits per heavy atom. The highest BCUT2D eigenvalue weighted by Gasteiger charge is 2.30. The summed E-state index contributed by atoms with van der Waals surface area (Å²) >= 11 is 1.80. The van der Waals surface area contributed by atoms with Crippen LogP contribution in [0.4, 0.5) is 0 Å². The van der Waals surface area contributed by atoms with Crippen LogP contribution in [0.3, 0.4) is 0 Å². The Morgan fingerprint density at radius 3 is 2.69 bits per heavy atom. The molecule has 0 spiro atoms. The quantitative estimate of drug-likeness (QED) is 0.635. The van der Waals surface area contributed by atoms with Gasteiger partial charge in [0.2, 0.25) is 5.91 Å². The van der Waals surface area contributed by atoms with Crippen molar-refractivity contribution in [1.29, 1.82) is 0 Å². The number of carbonyl (C=O) groups is 2. The second kappa shape index (κ2) is 4.65. The first-order valence-electron chi connectivity index (χ1n) is 4.54. The fourth-order valence-corrected chi connectivity index (χ4v) is 2.14. The fourth-order valence-electron chi connectivity index (χ4n) is 1.38. The van der Waals surface area contributed by atoms with Gasteiger partial charge in [0, 0.05) is 11.8 Å². The molecule has 1 heterocycles. The predicted octanol–water partition coefficient (Wildman–Crippen LogP) is 0.929. The Morgan fingerprint density at radius 2 is 2.23 bits per heavy atom. The largest absolute Gasteiger partial charge is 0.331 e. The summed E-state index contributed by atoms with van der Waals surface area (Å²) in [6.45, 7) is 4.41. The van der Waals surface area contributed by atoms with E-state index >= 15 is 0 Å². The molecule has 0 radical (unpaired) electrons. The van der Waals surface area contributed by atoms with Crippen molar-refractivity contribution in [1.82, 2.24) is 4.90 Å². The van der Waals surface area contributed by atoms with Crippen LogP contribution in [-0.4, -0.2) is 40.7 Å². The summed E-state index contributed by atoms with van der Waals surface area (Å²) in [6, 6.07) is 0.198.